The van der Waals surface area contributed by atoms with Gasteiger partial charge in [0.05, 0.1) is 0 Å². The van der Waals surface area contributed by atoms with Crippen molar-refractivity contribution in [3.05, 3.63) is 0 Å². The summed E-state index contributed by atoms with van der Waals surface area (Å²) in [6, 6.07) is 0. The first-order valence-electron chi connectivity index (χ1n) is 17.7. The van der Waals surface area contributed by atoms with Crippen molar-refractivity contribution in [1.82, 2.24) is 15.5 Å². The molecule has 3 saturated heterocycles. The summed E-state index contributed by atoms with van der Waals surface area (Å²) in [5, 5.41) is 26.4. The minimum absolute atomic E-state index is 0.00834. The quantitative estimate of drug-likeness (QED) is 0.174. The lowest BCUT2D eigenvalue weighted by atomic mass is 9.59. The van der Waals surface area contributed by atoms with Crippen LogP contribution >= 0.6 is 0 Å². The smallest absolute Gasteiger partial charge is 0.303 e. The van der Waals surface area contributed by atoms with Gasteiger partial charge in [-0.25, -0.2) is 0 Å². The molecule has 0 spiro atoms. The molecule has 7 nitrogen and oxygen atoms in total. The molecule has 258 valence electrons. The third kappa shape index (κ3) is 12.2. The van der Waals surface area contributed by atoms with Gasteiger partial charge in [0, 0.05) is 40.5 Å². The summed E-state index contributed by atoms with van der Waals surface area (Å²) in [6.45, 7) is 26.5. The predicted octanol–water partition coefficient (Wildman–Crippen LogP) is 7.97. The second kappa shape index (κ2) is 15.2. The Labute approximate surface area is 271 Å². The number of likely N-dealkylation sites (tertiary alicyclic amines) is 1. The van der Waals surface area contributed by atoms with Crippen LogP contribution in [0.5, 0.6) is 0 Å². The summed E-state index contributed by atoms with van der Waals surface area (Å²) in [5.74, 6) is 1.09. The van der Waals surface area contributed by atoms with Crippen LogP contribution in [0.15, 0.2) is 0 Å². The van der Waals surface area contributed by atoms with Gasteiger partial charge in [-0.05, 0) is 170 Å². The molecule has 0 aromatic carbocycles. The van der Waals surface area contributed by atoms with Crippen LogP contribution in [0.25, 0.3) is 0 Å². The summed E-state index contributed by atoms with van der Waals surface area (Å²) in [5.41, 5.74) is 0.493. The summed E-state index contributed by atoms with van der Waals surface area (Å²) in [4.78, 5) is 25.3. The van der Waals surface area contributed by atoms with Crippen LogP contribution in [0, 0.1) is 29.6 Å². The highest BCUT2D eigenvalue weighted by Crippen LogP contribution is 2.49. The summed E-state index contributed by atoms with van der Waals surface area (Å²) < 4.78 is 0. The average molecular weight is 622 g/mol. The van der Waals surface area contributed by atoms with Gasteiger partial charge in [0.1, 0.15) is 0 Å². The molecule has 3 aliphatic rings. The van der Waals surface area contributed by atoms with Gasteiger partial charge in [-0.2, -0.15) is 0 Å². The van der Waals surface area contributed by atoms with Gasteiger partial charge in [-0.15, -0.1) is 0 Å². The zero-order valence-electron chi connectivity index (χ0n) is 30.7. The molecule has 0 saturated carbocycles. The molecule has 0 bridgehead atoms. The van der Waals surface area contributed by atoms with Crippen molar-refractivity contribution >= 4 is 11.9 Å². The van der Waals surface area contributed by atoms with E-state index in [-0.39, 0.29) is 35.0 Å². The Morgan fingerprint density at radius 2 is 1.11 bits per heavy atom. The Hall–Kier alpha value is -1.18. The van der Waals surface area contributed by atoms with E-state index in [1.165, 1.54) is 19.4 Å². The first kappa shape index (κ1) is 39.0. The third-order valence-corrected chi connectivity index (χ3v) is 11.4. The van der Waals surface area contributed by atoms with E-state index in [0.29, 0.717) is 42.1 Å². The van der Waals surface area contributed by atoms with E-state index in [0.717, 1.165) is 44.4 Å². The molecule has 4 N–H and O–H groups in total. The maximum atomic E-state index is 11.7. The Bertz CT molecular complexity index is 897. The number of nitrogens with zero attached hydrogens (tertiary/aromatic N) is 1. The Balaban J connectivity index is 0.000000569. The Kier molecular flexibility index (Phi) is 13.4. The lowest BCUT2D eigenvalue weighted by molar-refractivity contribution is -0.138. The molecule has 0 amide bonds. The van der Waals surface area contributed by atoms with Gasteiger partial charge in [-0.1, -0.05) is 13.3 Å². The fourth-order valence-corrected chi connectivity index (χ4v) is 9.61. The first-order valence-corrected chi connectivity index (χ1v) is 17.7. The molecule has 3 unspecified atom stereocenters. The van der Waals surface area contributed by atoms with Gasteiger partial charge < -0.3 is 25.7 Å². The van der Waals surface area contributed by atoms with Gasteiger partial charge in [0.15, 0.2) is 0 Å². The average Bonchev–Trinajstić information content (AvgIpc) is 2.80. The maximum absolute atomic E-state index is 11.7. The molecule has 0 aromatic heterocycles. The number of carbonyl (C=O) groups is 2. The number of aliphatic carboxylic acids is 2. The number of rotatable bonds is 11. The van der Waals surface area contributed by atoms with E-state index in [4.69, 9.17) is 5.11 Å². The predicted molar refractivity (Wildman–Crippen MR) is 183 cm³/mol. The number of unbranched alkanes of at least 4 members (excludes halogenated alkanes) is 1. The van der Waals surface area contributed by atoms with E-state index >= 15 is 0 Å². The molecule has 0 radical (unpaired) electrons. The molecular formula is C37H71N3O4. The van der Waals surface area contributed by atoms with Crippen molar-refractivity contribution in [2.75, 3.05) is 13.6 Å². The topological polar surface area (TPSA) is 102 Å². The molecule has 3 aliphatic heterocycles. The van der Waals surface area contributed by atoms with E-state index in [1.807, 2.05) is 0 Å². The zero-order valence-corrected chi connectivity index (χ0v) is 30.7. The Morgan fingerprint density at radius 1 is 0.705 bits per heavy atom. The van der Waals surface area contributed by atoms with Gasteiger partial charge in [0.2, 0.25) is 0 Å². The van der Waals surface area contributed by atoms with Crippen LogP contribution in [0.4, 0.5) is 0 Å². The van der Waals surface area contributed by atoms with E-state index in [2.05, 4.69) is 98.7 Å². The van der Waals surface area contributed by atoms with Gasteiger partial charge in [-0.3, -0.25) is 9.59 Å². The minimum atomic E-state index is -0.732. The molecule has 0 aliphatic carbocycles. The highest BCUT2D eigenvalue weighted by Gasteiger charge is 2.47. The number of nitrogens with one attached hydrogen (secondary N) is 2. The standard InChI is InChI=1S/C28H52N2O4.C9H19N/c1-25(2)15-19(16-26(3,4)29-25)21(11-9-10-12-23(31)32)22(13-14-24(33)34)20-17-27(5,6)30-28(7,8)18-20;1-8-6-5-7-10(4)9(8,2)3/h19-22,29-30H,9-18H2,1-8H3,(H,31,32)(H,33,34);8H,5-7H2,1-4H3. The van der Waals surface area contributed by atoms with E-state index < -0.39 is 11.9 Å². The molecule has 3 atom stereocenters. The fraction of sp³-hybridized carbons (Fsp3) is 0.946. The second-order valence-electron chi connectivity index (χ2n) is 18.1. The zero-order chi connectivity index (χ0) is 33.7. The SMILES string of the molecule is CC1(C)CC(C(CCCCC(=O)O)C(CCC(=O)O)C2CC(C)(C)NC(C)(C)C2)CC(C)(C)N1.CC1CCCN(C)C1(C)C. The largest absolute Gasteiger partial charge is 0.481 e. The van der Waals surface area contributed by atoms with Crippen molar-refractivity contribution in [3.63, 3.8) is 0 Å². The molecule has 44 heavy (non-hydrogen) atoms. The summed E-state index contributed by atoms with van der Waals surface area (Å²) in [7, 11) is 2.23. The van der Waals surface area contributed by atoms with Crippen LogP contribution in [0.1, 0.15) is 153 Å². The normalized spacial score (nSPS) is 27.9. The number of carboxylic acid groups (broad SMARTS) is 2. The van der Waals surface area contributed by atoms with E-state index in [1.54, 1.807) is 0 Å². The lowest BCUT2D eigenvalue weighted by Gasteiger charge is -2.54. The number of carboxylic acids is 2. The van der Waals surface area contributed by atoms with Crippen molar-refractivity contribution in [2.24, 2.45) is 29.6 Å². The molecule has 3 fully saturated rings. The molecule has 0 aromatic rings. The molecule has 3 rings (SSSR count). The number of piperidine rings is 3. The maximum Gasteiger partial charge on any atom is 0.303 e. The first-order chi connectivity index (χ1) is 20.0. The van der Waals surface area contributed by atoms with Crippen LogP contribution in [-0.2, 0) is 9.59 Å². The van der Waals surface area contributed by atoms with Crippen molar-refractivity contribution in [2.45, 2.75) is 181 Å². The molecular weight excluding hydrogens is 550 g/mol. The Morgan fingerprint density at radius 3 is 1.48 bits per heavy atom. The van der Waals surface area contributed by atoms with Crippen molar-refractivity contribution in [3.8, 4) is 0 Å². The highest BCUT2D eigenvalue weighted by atomic mass is 16.4. The lowest BCUT2D eigenvalue weighted by Crippen LogP contribution is -2.61. The second-order valence-corrected chi connectivity index (χ2v) is 18.1. The molecule has 3 heterocycles. The van der Waals surface area contributed by atoms with Gasteiger partial charge in [0.25, 0.3) is 0 Å². The minimum Gasteiger partial charge on any atom is -0.481 e. The third-order valence-electron chi connectivity index (χ3n) is 11.4. The highest BCUT2D eigenvalue weighted by molar-refractivity contribution is 5.66. The monoisotopic (exact) mass is 622 g/mol. The van der Waals surface area contributed by atoms with E-state index in [9.17, 15) is 14.7 Å². The van der Waals surface area contributed by atoms with Crippen LogP contribution in [0.2, 0.25) is 0 Å². The van der Waals surface area contributed by atoms with Gasteiger partial charge >= 0.3 is 11.9 Å². The van der Waals surface area contributed by atoms with Crippen molar-refractivity contribution in [1.29, 1.82) is 0 Å². The summed E-state index contributed by atoms with van der Waals surface area (Å²) >= 11 is 0. The van der Waals surface area contributed by atoms with Crippen molar-refractivity contribution < 1.29 is 19.8 Å². The molecule has 7 heteroatoms. The number of hydrogen-bond acceptors (Lipinski definition) is 5. The van der Waals surface area contributed by atoms with Crippen LogP contribution < -0.4 is 10.6 Å². The number of hydrogen-bond donors (Lipinski definition) is 4. The summed E-state index contributed by atoms with van der Waals surface area (Å²) in [6.07, 6.45) is 10.7. The van der Waals surface area contributed by atoms with Crippen LogP contribution in [0.3, 0.4) is 0 Å². The fourth-order valence-electron chi connectivity index (χ4n) is 9.61. The van der Waals surface area contributed by atoms with Crippen LogP contribution in [-0.4, -0.2) is 68.3 Å².